The van der Waals surface area contributed by atoms with Crippen LogP contribution in [0.1, 0.15) is 59.3 Å². The Kier molecular flexibility index (Phi) is 2.98. The predicted octanol–water partition coefficient (Wildman–Crippen LogP) is 4.00. The lowest BCUT2D eigenvalue weighted by Crippen LogP contribution is -2.22. The van der Waals surface area contributed by atoms with E-state index in [4.69, 9.17) is 0 Å². The molecule has 1 saturated carbocycles. The van der Waals surface area contributed by atoms with E-state index in [1.807, 2.05) is 0 Å². The molecule has 0 amide bonds. The first-order valence-electron chi connectivity index (χ1n) is 5.13. The van der Waals surface area contributed by atoms with Gasteiger partial charge in [-0.25, -0.2) is 0 Å². The Bertz CT molecular complexity index is 113. The van der Waals surface area contributed by atoms with Crippen LogP contribution in [0, 0.1) is 11.3 Å². The molecular weight excluding hydrogens is 132 g/mol. The van der Waals surface area contributed by atoms with Crippen molar-refractivity contribution in [1.29, 1.82) is 0 Å². The Balaban J connectivity index is 2.47. The third kappa shape index (κ3) is 2.50. The number of hydrogen-bond donors (Lipinski definition) is 0. The van der Waals surface area contributed by atoms with Crippen molar-refractivity contribution >= 4 is 0 Å². The van der Waals surface area contributed by atoms with E-state index in [0.29, 0.717) is 5.41 Å². The summed E-state index contributed by atoms with van der Waals surface area (Å²) in [6, 6.07) is 0. The van der Waals surface area contributed by atoms with Gasteiger partial charge in [-0.1, -0.05) is 52.9 Å². The quantitative estimate of drug-likeness (QED) is 0.494. The summed E-state index contributed by atoms with van der Waals surface area (Å²) in [6.45, 7) is 7.29. The summed E-state index contributed by atoms with van der Waals surface area (Å²) in [6.07, 6.45) is 8.75. The normalized spacial score (nSPS) is 32.5. The third-order valence-electron chi connectivity index (χ3n) is 3.54. The standard InChI is InChI=1S/C11H22/c1-10-8-6-4-5-7-9-11(10,2)3/h10H,4-9H2,1-3H3. The summed E-state index contributed by atoms with van der Waals surface area (Å²) in [5.41, 5.74) is 0.612. The minimum atomic E-state index is 0.612. The van der Waals surface area contributed by atoms with Crippen LogP contribution in [0.2, 0.25) is 0 Å². The van der Waals surface area contributed by atoms with E-state index in [0.717, 1.165) is 5.92 Å². The van der Waals surface area contributed by atoms with E-state index in [9.17, 15) is 0 Å². The first-order chi connectivity index (χ1) is 5.13. The lowest BCUT2D eigenvalue weighted by Gasteiger charge is -2.33. The molecule has 0 heterocycles. The van der Waals surface area contributed by atoms with Gasteiger partial charge in [-0.2, -0.15) is 0 Å². The van der Waals surface area contributed by atoms with E-state index >= 15 is 0 Å². The molecule has 0 bridgehead atoms. The molecule has 0 aliphatic heterocycles. The van der Waals surface area contributed by atoms with E-state index in [1.54, 1.807) is 0 Å². The second kappa shape index (κ2) is 3.60. The molecule has 66 valence electrons. The lowest BCUT2D eigenvalue weighted by atomic mass is 9.72. The minimum absolute atomic E-state index is 0.612. The predicted molar refractivity (Wildman–Crippen MR) is 50.6 cm³/mol. The highest BCUT2D eigenvalue weighted by atomic mass is 14.3. The molecule has 1 unspecified atom stereocenters. The van der Waals surface area contributed by atoms with Gasteiger partial charge in [0.15, 0.2) is 0 Å². The Morgan fingerprint density at radius 3 is 2.36 bits per heavy atom. The summed E-state index contributed by atoms with van der Waals surface area (Å²) in [4.78, 5) is 0. The Hall–Kier alpha value is 0. The van der Waals surface area contributed by atoms with Crippen LogP contribution in [-0.2, 0) is 0 Å². The molecule has 0 spiro atoms. The zero-order valence-corrected chi connectivity index (χ0v) is 8.32. The molecule has 11 heavy (non-hydrogen) atoms. The van der Waals surface area contributed by atoms with E-state index < -0.39 is 0 Å². The van der Waals surface area contributed by atoms with Crippen molar-refractivity contribution in [3.05, 3.63) is 0 Å². The molecule has 0 radical (unpaired) electrons. The monoisotopic (exact) mass is 154 g/mol. The smallest absolute Gasteiger partial charge is 0.0329 e. The van der Waals surface area contributed by atoms with Gasteiger partial charge in [0, 0.05) is 0 Å². The molecule has 0 aromatic rings. The highest BCUT2D eigenvalue weighted by molar-refractivity contribution is 4.76. The molecule has 1 aliphatic rings. The van der Waals surface area contributed by atoms with Crippen molar-refractivity contribution < 1.29 is 0 Å². The first-order valence-corrected chi connectivity index (χ1v) is 5.13. The summed E-state index contributed by atoms with van der Waals surface area (Å²) in [5.74, 6) is 0.933. The molecule has 1 fully saturated rings. The first kappa shape index (κ1) is 9.09. The van der Waals surface area contributed by atoms with Crippen LogP contribution < -0.4 is 0 Å². The van der Waals surface area contributed by atoms with E-state index in [-0.39, 0.29) is 0 Å². The van der Waals surface area contributed by atoms with Gasteiger partial charge in [-0.05, 0) is 17.8 Å². The molecule has 0 N–H and O–H groups in total. The summed E-state index contributed by atoms with van der Waals surface area (Å²) < 4.78 is 0. The summed E-state index contributed by atoms with van der Waals surface area (Å²) in [7, 11) is 0. The van der Waals surface area contributed by atoms with Crippen LogP contribution in [0.25, 0.3) is 0 Å². The van der Waals surface area contributed by atoms with Crippen molar-refractivity contribution in [3.8, 4) is 0 Å². The van der Waals surface area contributed by atoms with Gasteiger partial charge in [0.2, 0.25) is 0 Å². The van der Waals surface area contributed by atoms with Gasteiger partial charge in [-0.15, -0.1) is 0 Å². The molecule has 1 atom stereocenters. The maximum atomic E-state index is 2.43. The Morgan fingerprint density at radius 2 is 1.64 bits per heavy atom. The zero-order chi connectivity index (χ0) is 8.32. The van der Waals surface area contributed by atoms with Crippen molar-refractivity contribution in [3.63, 3.8) is 0 Å². The fourth-order valence-corrected chi connectivity index (χ4v) is 2.02. The fraction of sp³-hybridized carbons (Fsp3) is 1.00. The molecule has 0 aromatic heterocycles. The van der Waals surface area contributed by atoms with Crippen LogP contribution in [0.15, 0.2) is 0 Å². The molecular formula is C11H22. The summed E-state index contributed by atoms with van der Waals surface area (Å²) >= 11 is 0. The van der Waals surface area contributed by atoms with Crippen molar-refractivity contribution in [2.75, 3.05) is 0 Å². The van der Waals surface area contributed by atoms with Gasteiger partial charge >= 0.3 is 0 Å². The minimum Gasteiger partial charge on any atom is -0.0620 e. The Morgan fingerprint density at radius 1 is 1.00 bits per heavy atom. The molecule has 0 saturated heterocycles. The van der Waals surface area contributed by atoms with Crippen LogP contribution >= 0.6 is 0 Å². The molecule has 0 aromatic carbocycles. The van der Waals surface area contributed by atoms with Crippen LogP contribution in [0.5, 0.6) is 0 Å². The Labute approximate surface area is 71.4 Å². The number of hydrogen-bond acceptors (Lipinski definition) is 0. The number of rotatable bonds is 0. The maximum Gasteiger partial charge on any atom is -0.0329 e. The average molecular weight is 154 g/mol. The molecule has 1 aliphatic carbocycles. The highest BCUT2D eigenvalue weighted by Crippen LogP contribution is 2.37. The average Bonchev–Trinajstić information content (AvgIpc) is 1.93. The van der Waals surface area contributed by atoms with Gasteiger partial charge in [0.25, 0.3) is 0 Å². The highest BCUT2D eigenvalue weighted by Gasteiger charge is 2.25. The third-order valence-corrected chi connectivity index (χ3v) is 3.54. The fourth-order valence-electron chi connectivity index (χ4n) is 2.02. The van der Waals surface area contributed by atoms with Gasteiger partial charge < -0.3 is 0 Å². The van der Waals surface area contributed by atoms with Gasteiger partial charge in [-0.3, -0.25) is 0 Å². The second-order valence-electron chi connectivity index (χ2n) is 4.84. The van der Waals surface area contributed by atoms with Crippen molar-refractivity contribution in [2.24, 2.45) is 11.3 Å². The lowest BCUT2D eigenvalue weighted by molar-refractivity contribution is 0.177. The van der Waals surface area contributed by atoms with Gasteiger partial charge in [0.1, 0.15) is 0 Å². The van der Waals surface area contributed by atoms with Crippen LogP contribution in [0.3, 0.4) is 0 Å². The molecule has 0 heteroatoms. The van der Waals surface area contributed by atoms with E-state index in [2.05, 4.69) is 20.8 Å². The van der Waals surface area contributed by atoms with E-state index in [1.165, 1.54) is 38.5 Å². The molecule has 0 nitrogen and oxygen atoms in total. The maximum absolute atomic E-state index is 2.43. The SMILES string of the molecule is CC1CCCCCCC1(C)C. The largest absolute Gasteiger partial charge is 0.0620 e. The van der Waals surface area contributed by atoms with Crippen molar-refractivity contribution in [1.82, 2.24) is 0 Å². The van der Waals surface area contributed by atoms with Crippen molar-refractivity contribution in [2.45, 2.75) is 59.3 Å². The topological polar surface area (TPSA) is 0 Å². The summed E-state index contributed by atoms with van der Waals surface area (Å²) in [5, 5.41) is 0. The second-order valence-corrected chi connectivity index (χ2v) is 4.84. The van der Waals surface area contributed by atoms with Gasteiger partial charge in [0.05, 0.1) is 0 Å². The van der Waals surface area contributed by atoms with Crippen LogP contribution in [-0.4, -0.2) is 0 Å². The molecule has 1 rings (SSSR count). The van der Waals surface area contributed by atoms with Crippen LogP contribution in [0.4, 0.5) is 0 Å². The zero-order valence-electron chi connectivity index (χ0n) is 8.32.